The third-order valence-electron chi connectivity index (χ3n) is 4.45. The predicted molar refractivity (Wildman–Crippen MR) is 106 cm³/mol. The lowest BCUT2D eigenvalue weighted by atomic mass is 10.1. The second-order valence-electron chi connectivity index (χ2n) is 6.66. The molecule has 3 aromatic rings. The van der Waals surface area contributed by atoms with Crippen LogP contribution in [-0.4, -0.2) is 30.4 Å². The van der Waals surface area contributed by atoms with Crippen LogP contribution in [-0.2, 0) is 28.0 Å². The van der Waals surface area contributed by atoms with Gasteiger partial charge in [0, 0.05) is 19.4 Å². The van der Waals surface area contributed by atoms with Gasteiger partial charge in [-0.15, -0.1) is 0 Å². The summed E-state index contributed by atoms with van der Waals surface area (Å²) >= 11 is 0. The van der Waals surface area contributed by atoms with Gasteiger partial charge < -0.3 is 9.88 Å². The molecular formula is C20H19F3N4O3S. The van der Waals surface area contributed by atoms with Crippen LogP contribution >= 0.6 is 0 Å². The number of sulfonamides is 1. The van der Waals surface area contributed by atoms with Gasteiger partial charge in [0.15, 0.2) is 0 Å². The van der Waals surface area contributed by atoms with E-state index in [-0.39, 0.29) is 0 Å². The maximum absolute atomic E-state index is 12.9. The van der Waals surface area contributed by atoms with Gasteiger partial charge in [-0.25, -0.2) is 18.1 Å². The molecule has 0 aliphatic heterocycles. The quantitative estimate of drug-likeness (QED) is 0.577. The van der Waals surface area contributed by atoms with Crippen molar-refractivity contribution in [2.45, 2.75) is 17.1 Å². The molecule has 0 bridgehead atoms. The fourth-order valence-electron chi connectivity index (χ4n) is 2.89. The van der Waals surface area contributed by atoms with Gasteiger partial charge in [-0.05, 0) is 23.8 Å². The minimum Gasteiger partial charge on any atom is -0.341 e. The van der Waals surface area contributed by atoms with Crippen molar-refractivity contribution in [1.82, 2.24) is 19.6 Å². The van der Waals surface area contributed by atoms with Crippen molar-refractivity contribution in [1.29, 1.82) is 0 Å². The third kappa shape index (κ3) is 5.50. The number of rotatable bonds is 7. The van der Waals surface area contributed by atoms with Crippen LogP contribution in [0.5, 0.6) is 0 Å². The number of hydrogen-bond donors (Lipinski definition) is 2. The van der Waals surface area contributed by atoms with Crippen molar-refractivity contribution < 1.29 is 26.4 Å². The van der Waals surface area contributed by atoms with Gasteiger partial charge in [-0.3, -0.25) is 4.79 Å². The van der Waals surface area contributed by atoms with E-state index in [9.17, 15) is 26.4 Å². The number of aromatic nitrogens is 2. The summed E-state index contributed by atoms with van der Waals surface area (Å²) in [4.78, 5) is 16.1. The summed E-state index contributed by atoms with van der Waals surface area (Å²) in [5.41, 5.74) is -0.371. The molecule has 1 unspecified atom stereocenters. The van der Waals surface area contributed by atoms with Crippen LogP contribution < -0.4 is 10.0 Å². The number of halogens is 3. The molecule has 11 heteroatoms. The van der Waals surface area contributed by atoms with Crippen molar-refractivity contribution >= 4 is 15.9 Å². The molecule has 1 aromatic heterocycles. The number of benzene rings is 2. The summed E-state index contributed by atoms with van der Waals surface area (Å²) in [6.07, 6.45) is -1.42. The maximum Gasteiger partial charge on any atom is 0.416 e. The van der Waals surface area contributed by atoms with Gasteiger partial charge in [0.25, 0.3) is 0 Å². The van der Waals surface area contributed by atoms with Gasteiger partial charge in [-0.1, -0.05) is 36.4 Å². The van der Waals surface area contributed by atoms with Crippen molar-refractivity contribution in [3.8, 4) is 0 Å². The van der Waals surface area contributed by atoms with E-state index in [4.69, 9.17) is 0 Å². The topological polar surface area (TPSA) is 93.1 Å². The van der Waals surface area contributed by atoms with Crippen molar-refractivity contribution in [2.75, 3.05) is 6.54 Å². The van der Waals surface area contributed by atoms with Gasteiger partial charge in [0.1, 0.15) is 11.9 Å². The Morgan fingerprint density at radius 1 is 1.13 bits per heavy atom. The molecule has 1 atom stereocenters. The van der Waals surface area contributed by atoms with Crippen molar-refractivity contribution in [3.05, 3.63) is 83.9 Å². The molecule has 2 N–H and O–H groups in total. The Hall–Kier alpha value is -3.18. The zero-order chi connectivity index (χ0) is 22.6. The van der Waals surface area contributed by atoms with E-state index in [0.29, 0.717) is 11.9 Å². The normalized spacial score (nSPS) is 13.0. The SMILES string of the molecule is Cn1ccnc1C(NC(=O)CNS(=O)(=O)c1cccc(C(F)(F)F)c1)c1ccccc1. The zero-order valence-electron chi connectivity index (χ0n) is 16.3. The average molecular weight is 452 g/mol. The summed E-state index contributed by atoms with van der Waals surface area (Å²) in [7, 11) is -2.58. The first kappa shape index (κ1) is 22.5. The molecule has 164 valence electrons. The van der Waals surface area contributed by atoms with Crippen LogP contribution in [0, 0.1) is 0 Å². The number of imidazole rings is 1. The molecule has 0 saturated heterocycles. The van der Waals surface area contributed by atoms with Crippen LogP contribution in [0.4, 0.5) is 13.2 Å². The number of amides is 1. The number of carbonyl (C=O) groups is 1. The van der Waals surface area contributed by atoms with Gasteiger partial charge in [0.2, 0.25) is 15.9 Å². The van der Waals surface area contributed by atoms with Crippen LogP contribution in [0.3, 0.4) is 0 Å². The van der Waals surface area contributed by atoms with Crippen LogP contribution in [0.2, 0.25) is 0 Å². The molecule has 0 radical (unpaired) electrons. The molecule has 31 heavy (non-hydrogen) atoms. The highest BCUT2D eigenvalue weighted by Gasteiger charge is 2.31. The Bertz CT molecular complexity index is 1160. The number of hydrogen-bond acceptors (Lipinski definition) is 4. The van der Waals surface area contributed by atoms with E-state index in [2.05, 4.69) is 10.3 Å². The number of alkyl halides is 3. The van der Waals surface area contributed by atoms with E-state index in [0.717, 1.165) is 23.8 Å². The van der Waals surface area contributed by atoms with Gasteiger partial charge >= 0.3 is 6.18 Å². The number of nitrogens with zero attached hydrogens (tertiary/aromatic N) is 2. The Morgan fingerprint density at radius 2 is 1.84 bits per heavy atom. The molecular weight excluding hydrogens is 433 g/mol. The lowest BCUT2D eigenvalue weighted by molar-refractivity contribution is -0.137. The Kier molecular flexibility index (Phi) is 6.46. The number of aryl methyl sites for hydroxylation is 1. The summed E-state index contributed by atoms with van der Waals surface area (Å²) in [5.74, 6) is -0.146. The van der Waals surface area contributed by atoms with E-state index >= 15 is 0 Å². The lowest BCUT2D eigenvalue weighted by Crippen LogP contribution is -2.39. The van der Waals surface area contributed by atoms with Crippen molar-refractivity contribution in [2.24, 2.45) is 7.05 Å². The molecule has 3 rings (SSSR count). The monoisotopic (exact) mass is 452 g/mol. The summed E-state index contributed by atoms with van der Waals surface area (Å²) < 4.78 is 67.1. The number of carbonyl (C=O) groups excluding carboxylic acids is 1. The van der Waals surface area contributed by atoms with E-state index < -0.39 is 45.2 Å². The second-order valence-corrected chi connectivity index (χ2v) is 8.42. The maximum atomic E-state index is 12.9. The first-order valence-electron chi connectivity index (χ1n) is 9.06. The molecule has 0 aliphatic carbocycles. The smallest absolute Gasteiger partial charge is 0.341 e. The standard InChI is InChI=1S/C20H19F3N4O3S/c1-27-11-10-24-19(27)18(14-6-3-2-4-7-14)26-17(28)13-25-31(29,30)16-9-5-8-15(12-16)20(21,22)23/h2-12,18,25H,13H2,1H3,(H,26,28). The van der Waals surface area contributed by atoms with Gasteiger partial charge in [-0.2, -0.15) is 13.2 Å². The summed E-state index contributed by atoms with van der Waals surface area (Å²) in [6.45, 7) is -0.660. The first-order valence-corrected chi connectivity index (χ1v) is 10.5. The van der Waals surface area contributed by atoms with Crippen LogP contribution in [0.25, 0.3) is 0 Å². The highest BCUT2D eigenvalue weighted by atomic mass is 32.2. The lowest BCUT2D eigenvalue weighted by Gasteiger charge is -2.19. The Labute approximate surface area is 177 Å². The molecule has 0 spiro atoms. The summed E-state index contributed by atoms with van der Waals surface area (Å²) in [6, 6.07) is 11.6. The summed E-state index contributed by atoms with van der Waals surface area (Å²) in [5, 5.41) is 2.71. The molecule has 0 aliphatic rings. The first-order chi connectivity index (χ1) is 14.6. The molecule has 1 amide bonds. The van der Waals surface area contributed by atoms with Crippen LogP contribution in [0.1, 0.15) is 23.0 Å². The number of nitrogens with one attached hydrogen (secondary N) is 2. The average Bonchev–Trinajstić information content (AvgIpc) is 3.16. The highest BCUT2D eigenvalue weighted by molar-refractivity contribution is 7.89. The van der Waals surface area contributed by atoms with Crippen molar-refractivity contribution in [3.63, 3.8) is 0 Å². The third-order valence-corrected chi connectivity index (χ3v) is 5.85. The predicted octanol–water partition coefficient (Wildman–Crippen LogP) is 2.62. The molecule has 1 heterocycles. The largest absolute Gasteiger partial charge is 0.416 e. The van der Waals surface area contributed by atoms with E-state index in [1.54, 1.807) is 48.3 Å². The molecule has 0 fully saturated rings. The van der Waals surface area contributed by atoms with E-state index in [1.165, 1.54) is 0 Å². The van der Waals surface area contributed by atoms with E-state index in [1.807, 2.05) is 10.8 Å². The molecule has 0 saturated carbocycles. The minimum absolute atomic E-state index is 0.515. The fraction of sp³-hybridized carbons (Fsp3) is 0.200. The van der Waals surface area contributed by atoms with Gasteiger partial charge in [0.05, 0.1) is 17.0 Å². The molecule has 2 aromatic carbocycles. The highest BCUT2D eigenvalue weighted by Crippen LogP contribution is 2.30. The fourth-order valence-corrected chi connectivity index (χ4v) is 3.92. The molecule has 7 nitrogen and oxygen atoms in total. The zero-order valence-corrected chi connectivity index (χ0v) is 17.1. The second kappa shape index (κ2) is 8.90. The van der Waals surface area contributed by atoms with Crippen LogP contribution in [0.15, 0.2) is 71.9 Å². The Morgan fingerprint density at radius 3 is 2.45 bits per heavy atom. The Balaban J connectivity index is 1.74. The minimum atomic E-state index is -4.69.